The second kappa shape index (κ2) is 8.77. The standard InChI is InChI=1S/C22H34N4O/c1-4-23-21(25-19-10-13-26(15-19)20(27)17(2)3)24-16-22(11-12-22)14-18-8-6-5-7-9-18/h5-9,17,19H,4,10-16H2,1-3H3,(H2,23,24,25). The number of rotatable bonds is 7. The fraction of sp³-hybridized carbons (Fsp3) is 0.636. The molecule has 1 heterocycles. The van der Waals surface area contributed by atoms with Gasteiger partial charge in [-0.2, -0.15) is 0 Å². The highest BCUT2D eigenvalue weighted by molar-refractivity contribution is 5.81. The first-order chi connectivity index (χ1) is 13.0. The van der Waals surface area contributed by atoms with Crippen LogP contribution in [0.4, 0.5) is 0 Å². The van der Waals surface area contributed by atoms with Gasteiger partial charge in [0, 0.05) is 38.1 Å². The van der Waals surface area contributed by atoms with Crippen molar-refractivity contribution < 1.29 is 4.79 Å². The van der Waals surface area contributed by atoms with Crippen LogP contribution in [0.3, 0.4) is 0 Å². The lowest BCUT2D eigenvalue weighted by atomic mass is 9.97. The molecule has 1 atom stereocenters. The van der Waals surface area contributed by atoms with Crippen LogP contribution in [-0.2, 0) is 11.2 Å². The van der Waals surface area contributed by atoms with Crippen LogP contribution >= 0.6 is 0 Å². The average molecular weight is 371 g/mol. The first-order valence-corrected chi connectivity index (χ1v) is 10.4. The fourth-order valence-corrected chi connectivity index (χ4v) is 3.80. The Hall–Kier alpha value is -2.04. The molecule has 5 heteroatoms. The third-order valence-electron chi connectivity index (χ3n) is 5.63. The van der Waals surface area contributed by atoms with E-state index < -0.39 is 0 Å². The quantitative estimate of drug-likeness (QED) is 0.573. The topological polar surface area (TPSA) is 56.7 Å². The maximum absolute atomic E-state index is 12.2. The van der Waals surface area contributed by atoms with E-state index in [0.717, 1.165) is 45.0 Å². The number of nitrogens with one attached hydrogen (secondary N) is 2. The van der Waals surface area contributed by atoms with Crippen LogP contribution in [0.15, 0.2) is 35.3 Å². The van der Waals surface area contributed by atoms with Crippen LogP contribution in [0.2, 0.25) is 0 Å². The Balaban J connectivity index is 1.55. The van der Waals surface area contributed by atoms with E-state index in [1.807, 2.05) is 18.7 Å². The third kappa shape index (κ3) is 5.47. The molecule has 1 unspecified atom stereocenters. The molecule has 1 aromatic rings. The molecule has 2 N–H and O–H groups in total. The van der Waals surface area contributed by atoms with E-state index in [1.54, 1.807) is 0 Å². The molecule has 1 saturated heterocycles. The van der Waals surface area contributed by atoms with Crippen molar-refractivity contribution in [2.24, 2.45) is 16.3 Å². The van der Waals surface area contributed by atoms with Gasteiger partial charge in [-0.05, 0) is 43.6 Å². The van der Waals surface area contributed by atoms with Gasteiger partial charge in [-0.1, -0.05) is 44.2 Å². The monoisotopic (exact) mass is 370 g/mol. The highest BCUT2D eigenvalue weighted by Crippen LogP contribution is 2.48. The molecule has 2 aliphatic rings. The molecule has 0 aromatic heterocycles. The lowest BCUT2D eigenvalue weighted by Gasteiger charge is -2.21. The van der Waals surface area contributed by atoms with E-state index in [9.17, 15) is 4.79 Å². The molecule has 148 valence electrons. The van der Waals surface area contributed by atoms with Gasteiger partial charge in [0.05, 0.1) is 0 Å². The van der Waals surface area contributed by atoms with Crippen molar-refractivity contribution in [3.63, 3.8) is 0 Å². The SMILES string of the molecule is CCNC(=NCC1(Cc2ccccc2)CC1)NC1CCN(C(=O)C(C)C)C1. The molecule has 1 aromatic carbocycles. The molecule has 3 rings (SSSR count). The van der Waals surface area contributed by atoms with Gasteiger partial charge in [0.15, 0.2) is 5.96 Å². The minimum absolute atomic E-state index is 0.0679. The van der Waals surface area contributed by atoms with Gasteiger partial charge >= 0.3 is 0 Å². The average Bonchev–Trinajstić information content (AvgIpc) is 3.26. The Morgan fingerprint density at radius 3 is 2.67 bits per heavy atom. The molecule has 1 aliphatic carbocycles. The number of likely N-dealkylation sites (tertiary alicyclic amines) is 1. The second-order valence-corrected chi connectivity index (χ2v) is 8.43. The van der Waals surface area contributed by atoms with Crippen molar-refractivity contribution in [1.29, 1.82) is 0 Å². The van der Waals surface area contributed by atoms with E-state index >= 15 is 0 Å². The Bertz CT molecular complexity index is 652. The van der Waals surface area contributed by atoms with Crippen LogP contribution in [0.5, 0.6) is 0 Å². The van der Waals surface area contributed by atoms with Crippen molar-refractivity contribution in [2.75, 3.05) is 26.2 Å². The Labute approximate surface area is 163 Å². The van der Waals surface area contributed by atoms with Crippen LogP contribution < -0.4 is 10.6 Å². The minimum atomic E-state index is 0.0679. The first kappa shape index (κ1) is 19.7. The third-order valence-corrected chi connectivity index (χ3v) is 5.63. The number of nitrogens with zero attached hydrogens (tertiary/aromatic N) is 2. The number of benzene rings is 1. The molecule has 1 aliphatic heterocycles. The summed E-state index contributed by atoms with van der Waals surface area (Å²) in [5.41, 5.74) is 1.74. The van der Waals surface area contributed by atoms with Gasteiger partial charge in [-0.25, -0.2) is 0 Å². The summed E-state index contributed by atoms with van der Waals surface area (Å²) in [5, 5.41) is 6.93. The Morgan fingerprint density at radius 2 is 2.04 bits per heavy atom. The zero-order valence-corrected chi connectivity index (χ0v) is 17.0. The van der Waals surface area contributed by atoms with Crippen LogP contribution in [-0.4, -0.2) is 49.0 Å². The predicted molar refractivity (Wildman–Crippen MR) is 111 cm³/mol. The summed E-state index contributed by atoms with van der Waals surface area (Å²) in [5.74, 6) is 1.21. The summed E-state index contributed by atoms with van der Waals surface area (Å²) in [6, 6.07) is 11.0. The molecule has 5 nitrogen and oxygen atoms in total. The van der Waals surface area contributed by atoms with Crippen molar-refractivity contribution in [2.45, 2.75) is 52.5 Å². The lowest BCUT2D eigenvalue weighted by Crippen LogP contribution is -2.45. The smallest absolute Gasteiger partial charge is 0.225 e. The number of guanidine groups is 1. The predicted octanol–water partition coefficient (Wildman–Crippen LogP) is 2.82. The Kier molecular flexibility index (Phi) is 6.40. The highest BCUT2D eigenvalue weighted by atomic mass is 16.2. The van der Waals surface area contributed by atoms with E-state index in [0.29, 0.717) is 5.41 Å². The molecule has 0 radical (unpaired) electrons. The van der Waals surface area contributed by atoms with E-state index in [2.05, 4.69) is 47.9 Å². The maximum atomic E-state index is 12.2. The largest absolute Gasteiger partial charge is 0.357 e. The van der Waals surface area contributed by atoms with Crippen molar-refractivity contribution in [3.8, 4) is 0 Å². The summed E-state index contributed by atoms with van der Waals surface area (Å²) in [6.45, 7) is 9.35. The summed E-state index contributed by atoms with van der Waals surface area (Å²) >= 11 is 0. The molecule has 1 saturated carbocycles. The summed E-state index contributed by atoms with van der Waals surface area (Å²) in [6.07, 6.45) is 4.60. The Morgan fingerprint density at radius 1 is 1.30 bits per heavy atom. The summed E-state index contributed by atoms with van der Waals surface area (Å²) < 4.78 is 0. The maximum Gasteiger partial charge on any atom is 0.225 e. The van der Waals surface area contributed by atoms with Crippen molar-refractivity contribution in [3.05, 3.63) is 35.9 Å². The van der Waals surface area contributed by atoms with Gasteiger partial charge in [0.1, 0.15) is 0 Å². The number of aliphatic imine (C=N–C) groups is 1. The number of carbonyl (C=O) groups is 1. The van der Waals surface area contributed by atoms with Gasteiger partial charge in [0.2, 0.25) is 5.91 Å². The second-order valence-electron chi connectivity index (χ2n) is 8.43. The molecule has 2 fully saturated rings. The first-order valence-electron chi connectivity index (χ1n) is 10.4. The number of carbonyl (C=O) groups excluding carboxylic acids is 1. The minimum Gasteiger partial charge on any atom is -0.357 e. The summed E-state index contributed by atoms with van der Waals surface area (Å²) in [4.78, 5) is 19.1. The van der Waals surface area contributed by atoms with E-state index in [4.69, 9.17) is 4.99 Å². The number of hydrogen-bond acceptors (Lipinski definition) is 2. The van der Waals surface area contributed by atoms with E-state index in [1.165, 1.54) is 18.4 Å². The molecular weight excluding hydrogens is 336 g/mol. The normalized spacial score (nSPS) is 21.4. The van der Waals surface area contributed by atoms with Crippen LogP contribution in [0, 0.1) is 11.3 Å². The molecule has 0 spiro atoms. The molecule has 27 heavy (non-hydrogen) atoms. The van der Waals surface area contributed by atoms with Crippen LogP contribution in [0.1, 0.15) is 45.6 Å². The molecule has 1 amide bonds. The number of hydrogen-bond donors (Lipinski definition) is 2. The van der Waals surface area contributed by atoms with Crippen molar-refractivity contribution in [1.82, 2.24) is 15.5 Å². The van der Waals surface area contributed by atoms with Crippen molar-refractivity contribution >= 4 is 11.9 Å². The summed E-state index contributed by atoms with van der Waals surface area (Å²) in [7, 11) is 0. The molecule has 0 bridgehead atoms. The zero-order chi connectivity index (χ0) is 19.3. The molecular formula is C22H34N4O. The lowest BCUT2D eigenvalue weighted by molar-refractivity contribution is -0.133. The number of amides is 1. The van der Waals surface area contributed by atoms with Gasteiger partial charge in [-0.15, -0.1) is 0 Å². The van der Waals surface area contributed by atoms with E-state index in [-0.39, 0.29) is 17.9 Å². The zero-order valence-electron chi connectivity index (χ0n) is 17.0. The fourth-order valence-electron chi connectivity index (χ4n) is 3.80. The van der Waals surface area contributed by atoms with Crippen LogP contribution in [0.25, 0.3) is 0 Å². The highest BCUT2D eigenvalue weighted by Gasteiger charge is 2.42. The van der Waals surface area contributed by atoms with Gasteiger partial charge in [-0.3, -0.25) is 9.79 Å². The van der Waals surface area contributed by atoms with Gasteiger partial charge < -0.3 is 15.5 Å². The van der Waals surface area contributed by atoms with Gasteiger partial charge in [0.25, 0.3) is 0 Å².